The van der Waals surface area contributed by atoms with Gasteiger partial charge in [-0.05, 0) is 51.3 Å². The third-order valence-electron chi connectivity index (χ3n) is 5.20. The molecule has 2 heterocycles. The average Bonchev–Trinajstić information content (AvgIpc) is 3.20. The van der Waals surface area contributed by atoms with E-state index in [1.54, 1.807) is 17.5 Å². The second-order valence-electron chi connectivity index (χ2n) is 7.97. The highest BCUT2D eigenvalue weighted by Gasteiger charge is 2.23. The lowest BCUT2D eigenvalue weighted by atomic mass is 10.1. The Labute approximate surface area is 201 Å². The van der Waals surface area contributed by atoms with Crippen LogP contribution in [0, 0.1) is 0 Å². The summed E-state index contributed by atoms with van der Waals surface area (Å²) in [6, 6.07) is 4.41. The molecule has 1 aliphatic rings. The Hall–Kier alpha value is -2.16. The van der Waals surface area contributed by atoms with Crippen LogP contribution in [-0.2, 0) is 16.0 Å². The van der Waals surface area contributed by atoms with Crippen LogP contribution in [0.5, 0.6) is 0 Å². The van der Waals surface area contributed by atoms with Crippen LogP contribution in [0.1, 0.15) is 49.2 Å². The topological polar surface area (TPSA) is 82.6 Å². The number of nitrogens with one attached hydrogen (secondary N) is 1. The molecule has 0 atom stereocenters. The first-order chi connectivity index (χ1) is 15.2. The van der Waals surface area contributed by atoms with Gasteiger partial charge in [-0.2, -0.15) is 0 Å². The largest absolute Gasteiger partial charge is 0.342 e. The lowest BCUT2D eigenvalue weighted by Crippen LogP contribution is -2.42. The van der Waals surface area contributed by atoms with Crippen molar-refractivity contribution in [1.29, 1.82) is 0 Å². The van der Waals surface area contributed by atoms with E-state index in [0.29, 0.717) is 21.4 Å². The standard InChI is InChI=1S/C22H26Cl2N4O3S/c1-14(2)28(21(31)15-6-7-17(23)18(24)10-15)12-19(29)26-22-25-16(13-32-22)11-20(30)27-8-4-3-5-9-27/h6-7,10,13-14H,3-5,8-9,11-12H2,1-2H3,(H,25,26,29). The number of carbonyl (C=O) groups is 3. The third kappa shape index (κ3) is 6.43. The predicted molar refractivity (Wildman–Crippen MR) is 128 cm³/mol. The minimum Gasteiger partial charge on any atom is -0.342 e. The van der Waals surface area contributed by atoms with Crippen LogP contribution in [0.2, 0.25) is 10.0 Å². The summed E-state index contributed by atoms with van der Waals surface area (Å²) in [6.45, 7) is 5.11. The molecular weight excluding hydrogens is 471 g/mol. The molecule has 3 amide bonds. The molecule has 3 rings (SSSR count). The van der Waals surface area contributed by atoms with E-state index in [1.807, 2.05) is 18.7 Å². The van der Waals surface area contributed by atoms with Crippen LogP contribution in [-0.4, -0.2) is 58.2 Å². The number of hydrogen-bond donors (Lipinski definition) is 1. The molecule has 2 aromatic rings. The number of rotatable bonds is 7. The molecule has 0 saturated carbocycles. The summed E-state index contributed by atoms with van der Waals surface area (Å²) in [4.78, 5) is 45.6. The fourth-order valence-corrected chi connectivity index (χ4v) is 4.48. The van der Waals surface area contributed by atoms with Crippen molar-refractivity contribution in [2.75, 3.05) is 25.0 Å². The number of aromatic nitrogens is 1. The van der Waals surface area contributed by atoms with E-state index in [2.05, 4.69) is 10.3 Å². The van der Waals surface area contributed by atoms with E-state index >= 15 is 0 Å². The lowest BCUT2D eigenvalue weighted by Gasteiger charge is -2.26. The second kappa shape index (κ2) is 11.1. The first kappa shape index (κ1) is 24.5. The van der Waals surface area contributed by atoms with Gasteiger partial charge in [-0.25, -0.2) is 4.98 Å². The Balaban J connectivity index is 1.59. The number of halogens is 2. The van der Waals surface area contributed by atoms with Gasteiger partial charge < -0.3 is 15.1 Å². The summed E-state index contributed by atoms with van der Waals surface area (Å²) in [5, 5.41) is 5.55. The summed E-state index contributed by atoms with van der Waals surface area (Å²) in [7, 11) is 0. The normalized spacial score (nSPS) is 13.8. The molecule has 0 aliphatic carbocycles. The van der Waals surface area contributed by atoms with Gasteiger partial charge >= 0.3 is 0 Å². The highest BCUT2D eigenvalue weighted by atomic mass is 35.5. The first-order valence-electron chi connectivity index (χ1n) is 10.5. The molecule has 1 aromatic heterocycles. The van der Waals surface area contributed by atoms with Gasteiger partial charge in [0.15, 0.2) is 5.13 Å². The Morgan fingerprint density at radius 2 is 1.88 bits per heavy atom. The van der Waals surface area contributed by atoms with Gasteiger partial charge in [-0.1, -0.05) is 23.2 Å². The predicted octanol–water partition coefficient (Wildman–Crippen LogP) is 4.49. The van der Waals surface area contributed by atoms with Crippen LogP contribution in [0.4, 0.5) is 5.13 Å². The van der Waals surface area contributed by atoms with Crippen LogP contribution in [0.25, 0.3) is 0 Å². The van der Waals surface area contributed by atoms with Gasteiger partial charge in [0.25, 0.3) is 5.91 Å². The monoisotopic (exact) mass is 496 g/mol. The van der Waals surface area contributed by atoms with E-state index < -0.39 is 0 Å². The summed E-state index contributed by atoms with van der Waals surface area (Å²) < 4.78 is 0. The van der Waals surface area contributed by atoms with Crippen molar-refractivity contribution >= 4 is 57.4 Å². The molecule has 1 aromatic carbocycles. The number of nitrogens with zero attached hydrogens (tertiary/aromatic N) is 3. The molecule has 1 saturated heterocycles. The van der Waals surface area contributed by atoms with Crippen molar-refractivity contribution in [3.8, 4) is 0 Å². The van der Waals surface area contributed by atoms with E-state index in [-0.39, 0.29) is 41.8 Å². The van der Waals surface area contributed by atoms with Gasteiger partial charge in [0.1, 0.15) is 6.54 Å². The summed E-state index contributed by atoms with van der Waals surface area (Å²) in [5.74, 6) is -0.623. The van der Waals surface area contributed by atoms with E-state index in [9.17, 15) is 14.4 Å². The van der Waals surface area contributed by atoms with Gasteiger partial charge in [0.2, 0.25) is 11.8 Å². The van der Waals surface area contributed by atoms with Gasteiger partial charge in [-0.15, -0.1) is 11.3 Å². The number of likely N-dealkylation sites (tertiary alicyclic amines) is 1. The fourth-order valence-electron chi connectivity index (χ4n) is 3.45. The molecule has 172 valence electrons. The zero-order valence-electron chi connectivity index (χ0n) is 18.1. The molecule has 0 unspecified atom stereocenters. The van der Waals surface area contributed by atoms with Crippen molar-refractivity contribution in [1.82, 2.24) is 14.8 Å². The van der Waals surface area contributed by atoms with Gasteiger partial charge in [0.05, 0.1) is 22.2 Å². The number of benzene rings is 1. The van der Waals surface area contributed by atoms with Crippen molar-refractivity contribution in [2.24, 2.45) is 0 Å². The number of hydrogen-bond acceptors (Lipinski definition) is 5. The summed E-state index contributed by atoms with van der Waals surface area (Å²) in [5.41, 5.74) is 0.988. The molecule has 1 aliphatic heterocycles. The van der Waals surface area contributed by atoms with E-state index in [1.165, 1.54) is 22.3 Å². The zero-order chi connectivity index (χ0) is 23.3. The van der Waals surface area contributed by atoms with Crippen LogP contribution >= 0.6 is 34.5 Å². The maximum atomic E-state index is 12.9. The minimum absolute atomic E-state index is 0.0612. The van der Waals surface area contributed by atoms with Crippen molar-refractivity contribution in [2.45, 2.75) is 45.6 Å². The average molecular weight is 497 g/mol. The van der Waals surface area contributed by atoms with E-state index in [0.717, 1.165) is 32.4 Å². The number of anilines is 1. The van der Waals surface area contributed by atoms with Crippen LogP contribution in [0.15, 0.2) is 23.6 Å². The van der Waals surface area contributed by atoms with E-state index in [4.69, 9.17) is 23.2 Å². The number of amides is 3. The summed E-state index contributed by atoms with van der Waals surface area (Å²) >= 11 is 13.2. The molecule has 32 heavy (non-hydrogen) atoms. The summed E-state index contributed by atoms with van der Waals surface area (Å²) in [6.07, 6.45) is 3.47. The third-order valence-corrected chi connectivity index (χ3v) is 6.75. The fraction of sp³-hybridized carbons (Fsp3) is 0.455. The van der Waals surface area contributed by atoms with Crippen molar-refractivity contribution in [3.63, 3.8) is 0 Å². The zero-order valence-corrected chi connectivity index (χ0v) is 20.4. The van der Waals surface area contributed by atoms with Gasteiger partial charge in [0, 0.05) is 30.1 Å². The molecule has 7 nitrogen and oxygen atoms in total. The highest BCUT2D eigenvalue weighted by molar-refractivity contribution is 7.13. The molecule has 10 heteroatoms. The quantitative estimate of drug-likeness (QED) is 0.611. The number of thiazole rings is 1. The molecule has 0 spiro atoms. The first-order valence-corrected chi connectivity index (χ1v) is 12.2. The Kier molecular flexibility index (Phi) is 8.51. The maximum Gasteiger partial charge on any atom is 0.254 e. The van der Waals surface area contributed by atoms with Crippen molar-refractivity contribution in [3.05, 3.63) is 44.9 Å². The molecule has 0 bridgehead atoms. The van der Waals surface area contributed by atoms with Gasteiger partial charge in [-0.3, -0.25) is 14.4 Å². The molecular formula is C22H26Cl2N4O3S. The molecule has 0 radical (unpaired) electrons. The lowest BCUT2D eigenvalue weighted by molar-refractivity contribution is -0.131. The Bertz CT molecular complexity index is 989. The minimum atomic E-state index is -0.365. The number of piperidine rings is 1. The second-order valence-corrected chi connectivity index (χ2v) is 9.64. The van der Waals surface area contributed by atoms with Crippen LogP contribution in [0.3, 0.4) is 0 Å². The highest BCUT2D eigenvalue weighted by Crippen LogP contribution is 2.24. The number of carbonyl (C=O) groups excluding carboxylic acids is 3. The smallest absolute Gasteiger partial charge is 0.254 e. The SMILES string of the molecule is CC(C)N(CC(=O)Nc1nc(CC(=O)N2CCCCC2)cs1)C(=O)c1ccc(Cl)c(Cl)c1. The Morgan fingerprint density at radius 1 is 1.16 bits per heavy atom. The molecule has 1 N–H and O–H groups in total. The Morgan fingerprint density at radius 3 is 2.53 bits per heavy atom. The maximum absolute atomic E-state index is 12.9. The van der Waals surface area contributed by atoms with Crippen LogP contribution < -0.4 is 5.32 Å². The van der Waals surface area contributed by atoms with Crippen molar-refractivity contribution < 1.29 is 14.4 Å². The molecule has 1 fully saturated rings.